The Morgan fingerprint density at radius 3 is 2.84 bits per heavy atom. The Morgan fingerprint density at radius 1 is 1.47 bits per heavy atom. The zero-order chi connectivity index (χ0) is 14.0. The predicted octanol–water partition coefficient (Wildman–Crippen LogP) is 2.95. The van der Waals surface area contributed by atoms with Gasteiger partial charge in [0, 0.05) is 5.56 Å². The van der Waals surface area contributed by atoms with Gasteiger partial charge in [0.15, 0.2) is 0 Å². The van der Waals surface area contributed by atoms with E-state index < -0.39 is 11.7 Å². The molecule has 2 N–H and O–H groups in total. The second kappa shape index (κ2) is 4.72. The van der Waals surface area contributed by atoms with Gasteiger partial charge >= 0.3 is 6.09 Å². The number of nitrogens with zero attached hydrogens (tertiary/aromatic N) is 2. The third-order valence-electron chi connectivity index (χ3n) is 2.35. The standard InChI is InChI=1S/C13H16N4O2/c1-5-8-9(16-12(18)19-13(2,3)4)6-14-10-7-15-17-11(8)10/h5-7H,1H2,2-4H3,(H,15,17)(H,16,18). The average Bonchev–Trinajstić information content (AvgIpc) is 2.74. The molecule has 0 spiro atoms. The number of carbonyl (C=O) groups is 1. The molecule has 0 aromatic carbocycles. The Hall–Kier alpha value is -2.37. The predicted molar refractivity (Wildman–Crippen MR) is 73.8 cm³/mol. The Balaban J connectivity index is 2.30. The van der Waals surface area contributed by atoms with E-state index in [2.05, 4.69) is 27.1 Å². The lowest BCUT2D eigenvalue weighted by Crippen LogP contribution is -2.27. The minimum absolute atomic E-state index is 0.529. The highest BCUT2D eigenvalue weighted by Gasteiger charge is 2.18. The highest BCUT2D eigenvalue weighted by atomic mass is 16.6. The summed E-state index contributed by atoms with van der Waals surface area (Å²) in [5.41, 5.74) is 2.15. The summed E-state index contributed by atoms with van der Waals surface area (Å²) in [7, 11) is 0. The van der Waals surface area contributed by atoms with Crippen molar-refractivity contribution in [2.75, 3.05) is 5.32 Å². The van der Waals surface area contributed by atoms with E-state index in [0.29, 0.717) is 11.2 Å². The number of rotatable bonds is 2. The van der Waals surface area contributed by atoms with Crippen molar-refractivity contribution >= 4 is 28.9 Å². The van der Waals surface area contributed by atoms with E-state index in [-0.39, 0.29) is 0 Å². The topological polar surface area (TPSA) is 79.9 Å². The molecule has 0 aliphatic heterocycles. The van der Waals surface area contributed by atoms with E-state index in [9.17, 15) is 4.79 Å². The molecule has 2 aromatic heterocycles. The van der Waals surface area contributed by atoms with Gasteiger partial charge in [-0.1, -0.05) is 12.7 Å². The SMILES string of the molecule is C=Cc1c(NC(=O)OC(C)(C)C)cnc2cn[nH]c12. The van der Waals surface area contributed by atoms with E-state index in [0.717, 1.165) is 11.1 Å². The molecule has 6 nitrogen and oxygen atoms in total. The maximum atomic E-state index is 11.7. The van der Waals surface area contributed by atoms with Crippen LogP contribution in [0.5, 0.6) is 0 Å². The molecule has 100 valence electrons. The molecule has 2 aromatic rings. The summed E-state index contributed by atoms with van der Waals surface area (Å²) in [5.74, 6) is 0. The molecule has 0 aliphatic rings. The van der Waals surface area contributed by atoms with Gasteiger partial charge in [-0.05, 0) is 20.8 Å². The summed E-state index contributed by atoms with van der Waals surface area (Å²) in [6, 6.07) is 0. The van der Waals surface area contributed by atoms with Crippen LogP contribution in [-0.2, 0) is 4.74 Å². The van der Waals surface area contributed by atoms with Crippen molar-refractivity contribution in [2.45, 2.75) is 26.4 Å². The molecule has 0 saturated carbocycles. The first-order valence-corrected chi connectivity index (χ1v) is 5.85. The number of carbonyl (C=O) groups excluding carboxylic acids is 1. The van der Waals surface area contributed by atoms with Crippen molar-refractivity contribution in [3.8, 4) is 0 Å². The van der Waals surface area contributed by atoms with Gasteiger partial charge in [0.25, 0.3) is 0 Å². The van der Waals surface area contributed by atoms with E-state index >= 15 is 0 Å². The number of anilines is 1. The van der Waals surface area contributed by atoms with Crippen molar-refractivity contribution in [3.05, 3.63) is 24.5 Å². The lowest BCUT2D eigenvalue weighted by atomic mass is 10.2. The normalized spacial score (nSPS) is 11.3. The number of aromatic amines is 1. The lowest BCUT2D eigenvalue weighted by Gasteiger charge is -2.20. The van der Waals surface area contributed by atoms with Gasteiger partial charge in [0.2, 0.25) is 0 Å². The largest absolute Gasteiger partial charge is 0.444 e. The highest BCUT2D eigenvalue weighted by molar-refractivity contribution is 5.95. The number of hydrogen-bond acceptors (Lipinski definition) is 4. The zero-order valence-corrected chi connectivity index (χ0v) is 11.2. The van der Waals surface area contributed by atoms with Gasteiger partial charge in [-0.25, -0.2) is 4.79 Å². The van der Waals surface area contributed by atoms with Crippen LogP contribution in [0.2, 0.25) is 0 Å². The van der Waals surface area contributed by atoms with Crippen LogP contribution in [-0.4, -0.2) is 26.9 Å². The second-order valence-corrected chi connectivity index (χ2v) is 5.05. The van der Waals surface area contributed by atoms with Gasteiger partial charge in [0.1, 0.15) is 11.1 Å². The van der Waals surface area contributed by atoms with Crippen molar-refractivity contribution < 1.29 is 9.53 Å². The van der Waals surface area contributed by atoms with E-state index in [1.165, 1.54) is 0 Å². The fourth-order valence-corrected chi connectivity index (χ4v) is 1.64. The van der Waals surface area contributed by atoms with Crippen LogP contribution >= 0.6 is 0 Å². The first-order valence-electron chi connectivity index (χ1n) is 5.85. The summed E-state index contributed by atoms with van der Waals surface area (Å²) < 4.78 is 5.20. The number of fused-ring (bicyclic) bond motifs is 1. The first-order chi connectivity index (χ1) is 8.90. The highest BCUT2D eigenvalue weighted by Crippen LogP contribution is 2.24. The zero-order valence-electron chi connectivity index (χ0n) is 11.2. The van der Waals surface area contributed by atoms with Crippen LogP contribution in [0, 0.1) is 0 Å². The van der Waals surface area contributed by atoms with E-state index in [1.54, 1.807) is 39.2 Å². The molecular formula is C13H16N4O2. The number of ether oxygens (including phenoxy) is 1. The van der Waals surface area contributed by atoms with Crippen LogP contribution < -0.4 is 5.32 Å². The number of nitrogens with one attached hydrogen (secondary N) is 2. The number of pyridine rings is 1. The summed E-state index contributed by atoms with van der Waals surface area (Å²) in [4.78, 5) is 15.9. The summed E-state index contributed by atoms with van der Waals surface area (Å²) in [6.45, 7) is 9.14. The fraction of sp³-hybridized carbons (Fsp3) is 0.308. The van der Waals surface area contributed by atoms with Crippen LogP contribution in [0.3, 0.4) is 0 Å². The minimum atomic E-state index is -0.552. The Bertz CT molecular complexity index is 625. The van der Waals surface area contributed by atoms with Gasteiger partial charge in [-0.15, -0.1) is 0 Å². The summed E-state index contributed by atoms with van der Waals surface area (Å²) in [6.07, 6.45) is 4.27. The Morgan fingerprint density at radius 2 is 2.21 bits per heavy atom. The molecule has 0 saturated heterocycles. The van der Waals surface area contributed by atoms with Gasteiger partial charge in [-0.2, -0.15) is 5.10 Å². The van der Waals surface area contributed by atoms with Crippen LogP contribution in [0.1, 0.15) is 26.3 Å². The molecule has 0 aliphatic carbocycles. The first kappa shape index (κ1) is 13.1. The molecule has 6 heteroatoms. The van der Waals surface area contributed by atoms with Crippen LogP contribution in [0.25, 0.3) is 17.1 Å². The Kier molecular flexibility index (Phi) is 3.25. The third-order valence-corrected chi connectivity index (χ3v) is 2.35. The van der Waals surface area contributed by atoms with Crippen molar-refractivity contribution in [1.82, 2.24) is 15.2 Å². The fourth-order valence-electron chi connectivity index (χ4n) is 1.64. The summed E-state index contributed by atoms with van der Waals surface area (Å²) in [5, 5.41) is 9.39. The minimum Gasteiger partial charge on any atom is -0.444 e. The van der Waals surface area contributed by atoms with Crippen LogP contribution in [0.15, 0.2) is 19.0 Å². The maximum absolute atomic E-state index is 11.7. The Labute approximate surface area is 110 Å². The molecular weight excluding hydrogens is 244 g/mol. The molecule has 0 bridgehead atoms. The molecule has 0 fully saturated rings. The number of aromatic nitrogens is 3. The van der Waals surface area contributed by atoms with Crippen LogP contribution in [0.4, 0.5) is 10.5 Å². The smallest absolute Gasteiger partial charge is 0.412 e. The van der Waals surface area contributed by atoms with Gasteiger partial charge in [-0.3, -0.25) is 15.4 Å². The quantitative estimate of drug-likeness (QED) is 0.870. The molecule has 1 amide bonds. The molecule has 0 unspecified atom stereocenters. The third kappa shape index (κ3) is 2.90. The van der Waals surface area contributed by atoms with E-state index in [4.69, 9.17) is 4.74 Å². The number of H-pyrrole nitrogens is 1. The maximum Gasteiger partial charge on any atom is 0.412 e. The molecule has 0 atom stereocenters. The van der Waals surface area contributed by atoms with Crippen molar-refractivity contribution in [3.63, 3.8) is 0 Å². The lowest BCUT2D eigenvalue weighted by molar-refractivity contribution is 0.0636. The van der Waals surface area contributed by atoms with Crippen molar-refractivity contribution in [2.24, 2.45) is 0 Å². The number of hydrogen-bond donors (Lipinski definition) is 2. The molecule has 0 radical (unpaired) electrons. The second-order valence-electron chi connectivity index (χ2n) is 5.05. The van der Waals surface area contributed by atoms with Gasteiger partial charge in [0.05, 0.1) is 23.6 Å². The molecule has 2 rings (SSSR count). The molecule has 2 heterocycles. The molecule has 19 heavy (non-hydrogen) atoms. The van der Waals surface area contributed by atoms with Gasteiger partial charge < -0.3 is 4.74 Å². The number of amides is 1. The monoisotopic (exact) mass is 260 g/mol. The van der Waals surface area contributed by atoms with Crippen molar-refractivity contribution in [1.29, 1.82) is 0 Å². The average molecular weight is 260 g/mol. The summed E-state index contributed by atoms with van der Waals surface area (Å²) >= 11 is 0. The van der Waals surface area contributed by atoms with E-state index in [1.807, 2.05) is 0 Å².